The molecule has 3 heteroatoms. The summed E-state index contributed by atoms with van der Waals surface area (Å²) in [6.07, 6.45) is 1.15. The monoisotopic (exact) mass is 251 g/mol. The number of nitrogens with one attached hydrogen (secondary N) is 1. The minimum Gasteiger partial charge on any atom is -0.493 e. The van der Waals surface area contributed by atoms with Crippen molar-refractivity contribution in [3.63, 3.8) is 0 Å². The molecule has 0 bridgehead atoms. The summed E-state index contributed by atoms with van der Waals surface area (Å²) in [5, 5.41) is 3.51. The maximum Gasteiger partial charge on any atom is 0.161 e. The SMILES string of the molecule is CCC(NCCOc1ccccc1OC)C(C)C. The molecule has 0 radical (unpaired) electrons. The fourth-order valence-corrected chi connectivity index (χ4v) is 1.99. The van der Waals surface area contributed by atoms with Crippen LogP contribution in [0.5, 0.6) is 11.5 Å². The zero-order valence-corrected chi connectivity index (χ0v) is 11.9. The molecule has 1 unspecified atom stereocenters. The van der Waals surface area contributed by atoms with Gasteiger partial charge < -0.3 is 14.8 Å². The van der Waals surface area contributed by atoms with E-state index in [4.69, 9.17) is 9.47 Å². The largest absolute Gasteiger partial charge is 0.493 e. The number of rotatable bonds is 8. The minimum absolute atomic E-state index is 0.561. The van der Waals surface area contributed by atoms with E-state index in [0.717, 1.165) is 24.5 Å². The molecule has 0 fully saturated rings. The van der Waals surface area contributed by atoms with Gasteiger partial charge in [-0.05, 0) is 24.5 Å². The third-order valence-corrected chi connectivity index (χ3v) is 3.08. The Bertz CT molecular complexity index is 339. The third kappa shape index (κ3) is 4.57. The fourth-order valence-electron chi connectivity index (χ4n) is 1.99. The summed E-state index contributed by atoms with van der Waals surface area (Å²) in [5.74, 6) is 2.24. The normalized spacial score (nSPS) is 12.5. The first kappa shape index (κ1) is 14.8. The zero-order valence-electron chi connectivity index (χ0n) is 11.9. The van der Waals surface area contributed by atoms with Crippen LogP contribution in [0.25, 0.3) is 0 Å². The molecule has 0 aliphatic heterocycles. The highest BCUT2D eigenvalue weighted by Crippen LogP contribution is 2.25. The van der Waals surface area contributed by atoms with Gasteiger partial charge in [0.1, 0.15) is 6.61 Å². The Morgan fingerprint density at radius 1 is 1.17 bits per heavy atom. The molecule has 1 aromatic carbocycles. The van der Waals surface area contributed by atoms with E-state index in [1.807, 2.05) is 24.3 Å². The van der Waals surface area contributed by atoms with E-state index in [1.165, 1.54) is 0 Å². The van der Waals surface area contributed by atoms with Crippen LogP contribution in [0.2, 0.25) is 0 Å². The van der Waals surface area contributed by atoms with Crippen LogP contribution in [0.3, 0.4) is 0 Å². The first-order valence-electron chi connectivity index (χ1n) is 6.68. The Balaban J connectivity index is 2.33. The van der Waals surface area contributed by atoms with Gasteiger partial charge in [0, 0.05) is 12.6 Å². The van der Waals surface area contributed by atoms with E-state index < -0.39 is 0 Å². The van der Waals surface area contributed by atoms with E-state index >= 15 is 0 Å². The second-order valence-corrected chi connectivity index (χ2v) is 4.71. The van der Waals surface area contributed by atoms with Crippen LogP contribution in [-0.4, -0.2) is 26.3 Å². The van der Waals surface area contributed by atoms with Crippen molar-refractivity contribution in [3.8, 4) is 11.5 Å². The van der Waals surface area contributed by atoms with Crippen LogP contribution in [0.15, 0.2) is 24.3 Å². The van der Waals surface area contributed by atoms with Gasteiger partial charge in [-0.1, -0.05) is 32.9 Å². The first-order chi connectivity index (χ1) is 8.69. The molecule has 1 rings (SSSR count). The molecule has 0 saturated heterocycles. The number of ether oxygens (including phenoxy) is 2. The van der Waals surface area contributed by atoms with Gasteiger partial charge >= 0.3 is 0 Å². The smallest absolute Gasteiger partial charge is 0.161 e. The van der Waals surface area contributed by atoms with Crippen LogP contribution in [0.4, 0.5) is 0 Å². The topological polar surface area (TPSA) is 30.5 Å². The summed E-state index contributed by atoms with van der Waals surface area (Å²) in [6.45, 7) is 8.20. The summed E-state index contributed by atoms with van der Waals surface area (Å²) in [4.78, 5) is 0. The molecular weight excluding hydrogens is 226 g/mol. The fraction of sp³-hybridized carbons (Fsp3) is 0.600. The predicted molar refractivity (Wildman–Crippen MR) is 75.4 cm³/mol. The van der Waals surface area contributed by atoms with E-state index in [2.05, 4.69) is 26.1 Å². The van der Waals surface area contributed by atoms with Crippen molar-refractivity contribution in [1.82, 2.24) is 5.32 Å². The van der Waals surface area contributed by atoms with Gasteiger partial charge in [-0.15, -0.1) is 0 Å². The summed E-state index contributed by atoms with van der Waals surface area (Å²) in [6, 6.07) is 8.29. The molecule has 0 aliphatic carbocycles. The van der Waals surface area contributed by atoms with E-state index in [0.29, 0.717) is 18.6 Å². The predicted octanol–water partition coefficient (Wildman–Crippen LogP) is 3.10. The maximum atomic E-state index is 5.72. The average Bonchev–Trinajstić information content (AvgIpc) is 2.38. The van der Waals surface area contributed by atoms with Crippen molar-refractivity contribution < 1.29 is 9.47 Å². The molecule has 0 aliphatic rings. The lowest BCUT2D eigenvalue weighted by Gasteiger charge is -2.20. The van der Waals surface area contributed by atoms with E-state index in [-0.39, 0.29) is 0 Å². The van der Waals surface area contributed by atoms with Crippen molar-refractivity contribution in [1.29, 1.82) is 0 Å². The quantitative estimate of drug-likeness (QED) is 0.720. The van der Waals surface area contributed by atoms with Crippen LogP contribution < -0.4 is 14.8 Å². The van der Waals surface area contributed by atoms with Gasteiger partial charge in [-0.25, -0.2) is 0 Å². The minimum atomic E-state index is 0.561. The highest BCUT2D eigenvalue weighted by atomic mass is 16.5. The molecule has 0 spiro atoms. The second kappa shape index (κ2) is 7.98. The van der Waals surface area contributed by atoms with Crippen molar-refractivity contribution >= 4 is 0 Å². The Hall–Kier alpha value is -1.22. The summed E-state index contributed by atoms with van der Waals surface area (Å²) >= 11 is 0. The van der Waals surface area contributed by atoms with Crippen molar-refractivity contribution in [2.75, 3.05) is 20.3 Å². The van der Waals surface area contributed by atoms with Gasteiger partial charge in [0.2, 0.25) is 0 Å². The number of benzene rings is 1. The van der Waals surface area contributed by atoms with Crippen LogP contribution in [0.1, 0.15) is 27.2 Å². The lowest BCUT2D eigenvalue weighted by atomic mass is 10.0. The molecular formula is C15H25NO2. The van der Waals surface area contributed by atoms with Gasteiger partial charge in [-0.2, -0.15) is 0 Å². The van der Waals surface area contributed by atoms with E-state index in [9.17, 15) is 0 Å². The number of para-hydroxylation sites is 2. The molecule has 1 atom stereocenters. The molecule has 3 nitrogen and oxygen atoms in total. The van der Waals surface area contributed by atoms with Crippen molar-refractivity contribution in [2.45, 2.75) is 33.2 Å². The van der Waals surface area contributed by atoms with Gasteiger partial charge in [0.05, 0.1) is 7.11 Å². The number of methoxy groups -OCH3 is 1. The number of hydrogen-bond donors (Lipinski definition) is 1. The molecule has 0 saturated carbocycles. The zero-order chi connectivity index (χ0) is 13.4. The Kier molecular flexibility index (Phi) is 6.58. The second-order valence-electron chi connectivity index (χ2n) is 4.71. The molecule has 0 aromatic heterocycles. The Morgan fingerprint density at radius 3 is 2.39 bits per heavy atom. The Morgan fingerprint density at radius 2 is 1.83 bits per heavy atom. The van der Waals surface area contributed by atoms with Crippen molar-refractivity contribution in [3.05, 3.63) is 24.3 Å². The molecule has 0 heterocycles. The van der Waals surface area contributed by atoms with Crippen molar-refractivity contribution in [2.24, 2.45) is 5.92 Å². The van der Waals surface area contributed by atoms with Gasteiger partial charge in [0.15, 0.2) is 11.5 Å². The molecule has 0 amide bonds. The van der Waals surface area contributed by atoms with Gasteiger partial charge in [0.25, 0.3) is 0 Å². The van der Waals surface area contributed by atoms with E-state index in [1.54, 1.807) is 7.11 Å². The average molecular weight is 251 g/mol. The standard InChI is InChI=1S/C15H25NO2/c1-5-13(12(2)3)16-10-11-18-15-9-7-6-8-14(15)17-4/h6-9,12-13,16H,5,10-11H2,1-4H3. The third-order valence-electron chi connectivity index (χ3n) is 3.08. The molecule has 102 valence electrons. The van der Waals surface area contributed by atoms with Crippen LogP contribution in [0, 0.1) is 5.92 Å². The molecule has 1 N–H and O–H groups in total. The summed E-state index contributed by atoms with van der Waals surface area (Å²) in [7, 11) is 1.66. The van der Waals surface area contributed by atoms with Crippen LogP contribution in [-0.2, 0) is 0 Å². The Labute approximate surface area is 110 Å². The first-order valence-corrected chi connectivity index (χ1v) is 6.68. The summed E-state index contributed by atoms with van der Waals surface area (Å²) in [5.41, 5.74) is 0. The summed E-state index contributed by atoms with van der Waals surface area (Å²) < 4.78 is 11.0. The highest BCUT2D eigenvalue weighted by molar-refractivity contribution is 5.39. The van der Waals surface area contributed by atoms with Gasteiger partial charge in [-0.3, -0.25) is 0 Å². The lowest BCUT2D eigenvalue weighted by Crippen LogP contribution is -2.35. The number of hydrogen-bond acceptors (Lipinski definition) is 3. The maximum absolute atomic E-state index is 5.72. The molecule has 18 heavy (non-hydrogen) atoms. The lowest BCUT2D eigenvalue weighted by molar-refractivity contribution is 0.275. The highest BCUT2D eigenvalue weighted by Gasteiger charge is 2.09. The van der Waals surface area contributed by atoms with Crippen LogP contribution >= 0.6 is 0 Å². The molecule has 1 aromatic rings.